The normalized spacial score (nSPS) is 14.2. The average molecular weight is 261 g/mol. The smallest absolute Gasteiger partial charge is 0.414 e. The third-order valence-corrected chi connectivity index (χ3v) is 3.08. The summed E-state index contributed by atoms with van der Waals surface area (Å²) in [6, 6.07) is 5.47. The highest BCUT2D eigenvalue weighted by atomic mass is 16.6. The first-order chi connectivity index (χ1) is 8.79. The van der Waals surface area contributed by atoms with Crippen LogP contribution in [0.15, 0.2) is 18.2 Å². The molecule has 4 heteroatoms. The number of benzene rings is 1. The van der Waals surface area contributed by atoms with Crippen molar-refractivity contribution in [3.8, 4) is 0 Å². The molecule has 0 atom stereocenters. The zero-order valence-corrected chi connectivity index (χ0v) is 11.8. The molecule has 1 aromatic rings. The van der Waals surface area contributed by atoms with Gasteiger partial charge in [-0.1, -0.05) is 12.1 Å². The zero-order valence-electron chi connectivity index (χ0n) is 11.8. The fraction of sp³-hybridized carbons (Fsp3) is 0.467. The maximum Gasteiger partial charge on any atom is 0.414 e. The molecule has 2 rings (SSSR count). The Hall–Kier alpha value is -1.84. The van der Waals surface area contributed by atoms with E-state index in [2.05, 4.69) is 0 Å². The molecule has 0 heterocycles. The quantitative estimate of drug-likeness (QED) is 0.780. The van der Waals surface area contributed by atoms with Crippen LogP contribution >= 0.6 is 0 Å². The fourth-order valence-corrected chi connectivity index (χ4v) is 2.21. The summed E-state index contributed by atoms with van der Waals surface area (Å²) in [6.45, 7) is 5.49. The van der Waals surface area contributed by atoms with E-state index < -0.39 is 11.7 Å². The first kappa shape index (κ1) is 13.6. The van der Waals surface area contributed by atoms with Crippen LogP contribution in [0.25, 0.3) is 0 Å². The molecule has 1 amide bonds. The minimum atomic E-state index is -0.529. The summed E-state index contributed by atoms with van der Waals surface area (Å²) in [6.07, 6.45) is 0.812. The molecule has 19 heavy (non-hydrogen) atoms. The molecular formula is C15H19NO3. The van der Waals surface area contributed by atoms with Gasteiger partial charge in [0.2, 0.25) is 0 Å². The van der Waals surface area contributed by atoms with Gasteiger partial charge in [0.25, 0.3) is 0 Å². The molecule has 1 aliphatic rings. The number of amides is 1. The van der Waals surface area contributed by atoms with Crippen molar-refractivity contribution in [1.29, 1.82) is 0 Å². The summed E-state index contributed by atoms with van der Waals surface area (Å²) in [7, 11) is 1.67. The molecule has 0 aromatic heterocycles. The predicted octanol–water partition coefficient (Wildman–Crippen LogP) is 3.19. The molecule has 0 saturated carbocycles. The van der Waals surface area contributed by atoms with E-state index in [9.17, 15) is 9.59 Å². The number of ether oxygens (including phenoxy) is 1. The number of ketones is 1. The van der Waals surface area contributed by atoms with Crippen molar-refractivity contribution in [2.45, 2.75) is 39.2 Å². The summed E-state index contributed by atoms with van der Waals surface area (Å²) in [5.41, 5.74) is 1.91. The molecule has 102 valence electrons. The first-order valence-corrected chi connectivity index (χ1v) is 6.41. The molecule has 0 unspecified atom stereocenters. The average Bonchev–Trinajstić information content (AvgIpc) is 2.68. The number of anilines is 1. The minimum absolute atomic E-state index is 0.148. The summed E-state index contributed by atoms with van der Waals surface area (Å²) in [4.78, 5) is 25.2. The van der Waals surface area contributed by atoms with Crippen LogP contribution in [0.2, 0.25) is 0 Å². The molecule has 1 aliphatic carbocycles. The molecule has 1 aromatic carbocycles. The van der Waals surface area contributed by atoms with Crippen LogP contribution < -0.4 is 4.90 Å². The van der Waals surface area contributed by atoms with Crippen molar-refractivity contribution in [3.63, 3.8) is 0 Å². The fourth-order valence-electron chi connectivity index (χ4n) is 2.21. The molecule has 0 saturated heterocycles. The van der Waals surface area contributed by atoms with Gasteiger partial charge in [-0.2, -0.15) is 0 Å². The van der Waals surface area contributed by atoms with Crippen molar-refractivity contribution in [2.24, 2.45) is 0 Å². The van der Waals surface area contributed by atoms with Gasteiger partial charge in [-0.25, -0.2) is 4.79 Å². The number of hydrogen-bond donors (Lipinski definition) is 0. The molecule has 0 radical (unpaired) electrons. The lowest BCUT2D eigenvalue weighted by Gasteiger charge is -2.25. The third kappa shape index (κ3) is 2.78. The lowest BCUT2D eigenvalue weighted by molar-refractivity contribution is 0.0589. The van der Waals surface area contributed by atoms with Gasteiger partial charge in [0.1, 0.15) is 5.60 Å². The number of carbonyl (C=O) groups is 2. The second-order valence-electron chi connectivity index (χ2n) is 5.77. The number of Topliss-reactive ketones (excluding diaryl/α,β-unsaturated/α-hetero) is 1. The Morgan fingerprint density at radius 2 is 1.95 bits per heavy atom. The van der Waals surface area contributed by atoms with Gasteiger partial charge in [-0.3, -0.25) is 9.69 Å². The van der Waals surface area contributed by atoms with Crippen LogP contribution in [0.5, 0.6) is 0 Å². The highest BCUT2D eigenvalue weighted by Gasteiger charge is 2.27. The first-order valence-electron chi connectivity index (χ1n) is 6.41. The Morgan fingerprint density at radius 1 is 1.26 bits per heavy atom. The van der Waals surface area contributed by atoms with Crippen molar-refractivity contribution < 1.29 is 14.3 Å². The molecule has 4 nitrogen and oxygen atoms in total. The van der Waals surface area contributed by atoms with Gasteiger partial charge in [-0.05, 0) is 38.8 Å². The zero-order chi connectivity index (χ0) is 14.2. The summed E-state index contributed by atoms with van der Waals surface area (Å²) in [5.74, 6) is 0.148. The maximum absolute atomic E-state index is 12.1. The molecule has 0 spiro atoms. The van der Waals surface area contributed by atoms with Crippen LogP contribution in [0.4, 0.5) is 10.5 Å². The highest BCUT2D eigenvalue weighted by molar-refractivity contribution is 6.03. The standard InChI is InChI=1S/C15H19NO3/c1-15(2,3)19-14(18)16(4)12-7-5-6-11-10(12)8-9-13(11)17/h5-7H,8-9H2,1-4H3. The molecule has 0 N–H and O–H groups in total. The molecule has 0 aliphatic heterocycles. The molecular weight excluding hydrogens is 242 g/mol. The Bertz CT molecular complexity index is 529. The molecule has 0 fully saturated rings. The van der Waals surface area contributed by atoms with Crippen LogP contribution in [0.3, 0.4) is 0 Å². The topological polar surface area (TPSA) is 46.6 Å². The number of hydrogen-bond acceptors (Lipinski definition) is 3. The lowest BCUT2D eigenvalue weighted by Crippen LogP contribution is -2.34. The van der Waals surface area contributed by atoms with Gasteiger partial charge in [0, 0.05) is 19.0 Å². The van der Waals surface area contributed by atoms with Gasteiger partial charge < -0.3 is 4.74 Å². The van der Waals surface area contributed by atoms with Gasteiger partial charge in [-0.15, -0.1) is 0 Å². The van der Waals surface area contributed by atoms with Crippen molar-refractivity contribution in [2.75, 3.05) is 11.9 Å². The number of carbonyl (C=O) groups excluding carboxylic acids is 2. The monoisotopic (exact) mass is 261 g/mol. The Morgan fingerprint density at radius 3 is 2.58 bits per heavy atom. The van der Waals surface area contributed by atoms with Crippen LogP contribution in [0, 0.1) is 0 Å². The van der Waals surface area contributed by atoms with E-state index in [0.29, 0.717) is 12.8 Å². The van der Waals surface area contributed by atoms with Crippen LogP contribution in [-0.2, 0) is 11.2 Å². The van der Waals surface area contributed by atoms with E-state index in [-0.39, 0.29) is 5.78 Å². The SMILES string of the molecule is CN(C(=O)OC(C)(C)C)c1cccc2c1CCC2=O. The number of rotatable bonds is 1. The van der Waals surface area contributed by atoms with E-state index in [1.807, 2.05) is 32.9 Å². The number of nitrogens with zero attached hydrogens (tertiary/aromatic N) is 1. The summed E-state index contributed by atoms with van der Waals surface area (Å²) in [5, 5.41) is 0. The van der Waals surface area contributed by atoms with Crippen LogP contribution in [-0.4, -0.2) is 24.5 Å². The Balaban J connectivity index is 2.28. The van der Waals surface area contributed by atoms with E-state index in [0.717, 1.165) is 16.8 Å². The van der Waals surface area contributed by atoms with Gasteiger partial charge in [0.15, 0.2) is 5.78 Å². The largest absolute Gasteiger partial charge is 0.443 e. The van der Waals surface area contributed by atoms with Crippen molar-refractivity contribution >= 4 is 17.6 Å². The third-order valence-electron chi connectivity index (χ3n) is 3.08. The lowest BCUT2D eigenvalue weighted by atomic mass is 10.1. The maximum atomic E-state index is 12.1. The second kappa shape index (κ2) is 4.68. The van der Waals surface area contributed by atoms with Crippen molar-refractivity contribution in [1.82, 2.24) is 0 Å². The Labute approximate surface area is 113 Å². The van der Waals surface area contributed by atoms with E-state index >= 15 is 0 Å². The summed E-state index contributed by atoms with van der Waals surface area (Å²) >= 11 is 0. The number of fused-ring (bicyclic) bond motifs is 1. The van der Waals surface area contributed by atoms with Gasteiger partial charge >= 0.3 is 6.09 Å². The predicted molar refractivity (Wildman–Crippen MR) is 73.7 cm³/mol. The molecule has 0 bridgehead atoms. The van der Waals surface area contributed by atoms with E-state index in [1.54, 1.807) is 13.1 Å². The van der Waals surface area contributed by atoms with Crippen LogP contribution in [0.1, 0.15) is 43.1 Å². The Kier molecular flexibility index (Phi) is 3.35. The summed E-state index contributed by atoms with van der Waals surface area (Å²) < 4.78 is 5.34. The van der Waals surface area contributed by atoms with Gasteiger partial charge in [0.05, 0.1) is 5.69 Å². The van der Waals surface area contributed by atoms with Crippen molar-refractivity contribution in [3.05, 3.63) is 29.3 Å². The second-order valence-corrected chi connectivity index (χ2v) is 5.77. The minimum Gasteiger partial charge on any atom is -0.443 e. The van der Waals surface area contributed by atoms with E-state index in [4.69, 9.17) is 4.74 Å². The highest BCUT2D eigenvalue weighted by Crippen LogP contribution is 2.31. The van der Waals surface area contributed by atoms with E-state index in [1.165, 1.54) is 4.90 Å².